The van der Waals surface area contributed by atoms with Crippen LogP contribution in [-0.4, -0.2) is 99.3 Å². The van der Waals surface area contributed by atoms with Crippen molar-refractivity contribution in [3.8, 4) is 0 Å². The van der Waals surface area contributed by atoms with Gasteiger partial charge in [0.25, 0.3) is 0 Å². The third-order valence-electron chi connectivity index (χ3n) is 11.5. The summed E-state index contributed by atoms with van der Waals surface area (Å²) in [7, 11) is 7.24. The summed E-state index contributed by atoms with van der Waals surface area (Å²) >= 11 is 0. The monoisotopic (exact) mass is 451 g/mol. The Morgan fingerprint density at radius 2 is 1.84 bits per heavy atom. The molecule has 1 saturated heterocycles. The minimum Gasteiger partial charge on any atom is -0.392 e. The van der Waals surface area contributed by atoms with Crippen molar-refractivity contribution in [3.05, 3.63) is 0 Å². The first-order valence-corrected chi connectivity index (χ1v) is 12.6. The number of methoxy groups -OCH3 is 4. The van der Waals surface area contributed by atoms with Crippen LogP contribution >= 0.6 is 0 Å². The summed E-state index contributed by atoms with van der Waals surface area (Å²) in [5.41, 5.74) is -0.864. The number of hydrogen-bond donors (Lipinski definition) is 2. The van der Waals surface area contributed by atoms with Gasteiger partial charge in [-0.15, -0.1) is 0 Å². The van der Waals surface area contributed by atoms with Crippen molar-refractivity contribution in [2.45, 2.75) is 68.7 Å². The number of rotatable bonds is 6. The average Bonchev–Trinajstić information content (AvgIpc) is 3.19. The summed E-state index contributed by atoms with van der Waals surface area (Å²) in [5.74, 6) is 0.597. The Hall–Kier alpha value is -0.280. The SMILES string of the molecule is CCN1C[C@]2(COC)CC[C@H](O)[C@@]34[C@@H]2[C@@H](OC)[C@@H]([C@@H]13)[C@]1(OC)C[C@H](OC)[C@@H]2C[C@H]4[C@H]1[C@H]2O. The van der Waals surface area contributed by atoms with Gasteiger partial charge in [0.05, 0.1) is 36.6 Å². The lowest BCUT2D eigenvalue weighted by molar-refractivity contribution is -0.278. The van der Waals surface area contributed by atoms with Crippen molar-refractivity contribution < 1.29 is 29.2 Å². The van der Waals surface area contributed by atoms with Gasteiger partial charge in [-0.1, -0.05) is 6.92 Å². The first-order valence-electron chi connectivity index (χ1n) is 12.6. The van der Waals surface area contributed by atoms with Gasteiger partial charge in [-0.25, -0.2) is 0 Å². The highest BCUT2D eigenvalue weighted by molar-refractivity contribution is 5.35. The maximum Gasteiger partial charge on any atom is 0.0827 e. The molecule has 0 aromatic rings. The lowest BCUT2D eigenvalue weighted by Gasteiger charge is -2.69. The lowest BCUT2D eigenvalue weighted by Crippen LogP contribution is -2.76. The Morgan fingerprint density at radius 3 is 2.47 bits per heavy atom. The minimum atomic E-state index is -0.512. The fraction of sp³-hybridized carbons (Fsp3) is 1.00. The van der Waals surface area contributed by atoms with Crippen LogP contribution in [0.4, 0.5) is 0 Å². The largest absolute Gasteiger partial charge is 0.392 e. The van der Waals surface area contributed by atoms with E-state index in [2.05, 4.69) is 11.8 Å². The Bertz CT molecular complexity index is 767. The van der Waals surface area contributed by atoms with Gasteiger partial charge >= 0.3 is 0 Å². The van der Waals surface area contributed by atoms with Crippen molar-refractivity contribution in [3.63, 3.8) is 0 Å². The Kier molecular flexibility index (Phi) is 4.94. The highest BCUT2D eigenvalue weighted by atomic mass is 16.5. The Labute approximate surface area is 191 Å². The third kappa shape index (κ3) is 2.15. The van der Waals surface area contributed by atoms with Crippen LogP contribution in [0.1, 0.15) is 32.6 Å². The zero-order chi connectivity index (χ0) is 22.6. The summed E-state index contributed by atoms with van der Waals surface area (Å²) in [6.07, 6.45) is 2.51. The number of nitrogens with zero attached hydrogens (tertiary/aromatic N) is 1. The topological polar surface area (TPSA) is 80.6 Å². The molecule has 5 saturated carbocycles. The lowest BCUT2D eigenvalue weighted by atomic mass is 9.43. The molecule has 1 aliphatic heterocycles. The standard InChI is InChI=1S/C25H41NO6/c1-6-26-11-23(12-29-2)8-7-16(27)25-14-9-13-15(30-3)10-24(32-5,17(14)19(13)28)18(22(25)26)20(31-4)21(23)25/h13-22,27-28H,6-12H2,1-5H3/t13-,14-,15-,16-,17-,18-,19-,20-,21+,22+,23-,24-,25-/m0/s1. The predicted molar refractivity (Wildman–Crippen MR) is 117 cm³/mol. The molecule has 13 atom stereocenters. The van der Waals surface area contributed by atoms with E-state index < -0.39 is 17.8 Å². The predicted octanol–water partition coefficient (Wildman–Crippen LogP) is 1.16. The second-order valence-corrected chi connectivity index (χ2v) is 11.7. The molecule has 5 aliphatic carbocycles. The molecule has 1 heterocycles. The van der Waals surface area contributed by atoms with Gasteiger partial charge < -0.3 is 29.2 Å². The molecule has 7 bridgehead atoms. The van der Waals surface area contributed by atoms with Crippen LogP contribution in [0.2, 0.25) is 0 Å². The molecule has 7 heteroatoms. The maximum absolute atomic E-state index is 11.9. The molecular weight excluding hydrogens is 410 g/mol. The summed E-state index contributed by atoms with van der Waals surface area (Å²) in [6, 6.07) is 0.186. The average molecular weight is 452 g/mol. The molecule has 6 aliphatic rings. The summed E-state index contributed by atoms with van der Waals surface area (Å²) < 4.78 is 24.9. The zero-order valence-electron chi connectivity index (χ0n) is 20.2. The van der Waals surface area contributed by atoms with Crippen LogP contribution in [0.5, 0.6) is 0 Å². The molecule has 7 nitrogen and oxygen atoms in total. The molecule has 0 aromatic heterocycles. The van der Waals surface area contributed by atoms with Gasteiger partial charge in [0, 0.05) is 81.9 Å². The number of likely N-dealkylation sites (tertiary alicyclic amines) is 1. The second kappa shape index (κ2) is 7.12. The first-order chi connectivity index (χ1) is 15.4. The number of piperidine rings is 1. The normalized spacial score (nSPS) is 60.1. The minimum absolute atomic E-state index is 0.0117. The van der Waals surface area contributed by atoms with E-state index >= 15 is 0 Å². The molecule has 1 spiro atoms. The molecule has 182 valence electrons. The molecule has 6 fully saturated rings. The van der Waals surface area contributed by atoms with Gasteiger partial charge in [-0.3, -0.25) is 4.90 Å². The van der Waals surface area contributed by atoms with E-state index in [-0.39, 0.29) is 58.7 Å². The van der Waals surface area contributed by atoms with Crippen LogP contribution in [0.3, 0.4) is 0 Å². The third-order valence-corrected chi connectivity index (χ3v) is 11.5. The molecule has 0 amide bonds. The van der Waals surface area contributed by atoms with Crippen molar-refractivity contribution in [2.24, 2.45) is 40.4 Å². The van der Waals surface area contributed by atoms with E-state index in [9.17, 15) is 10.2 Å². The quantitative estimate of drug-likeness (QED) is 0.627. The summed E-state index contributed by atoms with van der Waals surface area (Å²) in [5, 5.41) is 23.6. The number of ether oxygens (including phenoxy) is 4. The number of fused-ring (bicyclic) bond motifs is 2. The van der Waals surface area contributed by atoms with Gasteiger partial charge in [-0.2, -0.15) is 0 Å². The van der Waals surface area contributed by atoms with Gasteiger partial charge in [0.1, 0.15) is 0 Å². The van der Waals surface area contributed by atoms with Gasteiger partial charge in [0.15, 0.2) is 0 Å². The smallest absolute Gasteiger partial charge is 0.0827 e. The van der Waals surface area contributed by atoms with E-state index in [1.807, 2.05) is 21.3 Å². The summed E-state index contributed by atoms with van der Waals surface area (Å²) in [6.45, 7) is 4.84. The molecule has 2 N–H and O–H groups in total. The summed E-state index contributed by atoms with van der Waals surface area (Å²) in [4.78, 5) is 2.62. The fourth-order valence-corrected chi connectivity index (χ4v) is 11.0. The van der Waals surface area contributed by atoms with Crippen molar-refractivity contribution in [2.75, 3.05) is 48.1 Å². The van der Waals surface area contributed by atoms with Gasteiger partial charge in [-0.05, 0) is 31.7 Å². The number of aliphatic hydroxyl groups is 2. The van der Waals surface area contributed by atoms with Crippen molar-refractivity contribution in [1.82, 2.24) is 4.90 Å². The molecule has 0 aromatic carbocycles. The zero-order valence-corrected chi connectivity index (χ0v) is 20.2. The molecule has 0 radical (unpaired) electrons. The highest BCUT2D eigenvalue weighted by Gasteiger charge is 2.86. The van der Waals surface area contributed by atoms with Crippen LogP contribution in [-0.2, 0) is 18.9 Å². The van der Waals surface area contributed by atoms with E-state index in [1.54, 1.807) is 7.11 Å². The molecule has 32 heavy (non-hydrogen) atoms. The number of hydrogen-bond acceptors (Lipinski definition) is 7. The van der Waals surface area contributed by atoms with Crippen LogP contribution in [0.25, 0.3) is 0 Å². The Morgan fingerprint density at radius 1 is 1.06 bits per heavy atom. The van der Waals surface area contributed by atoms with Crippen LogP contribution < -0.4 is 0 Å². The first kappa shape index (κ1) is 22.2. The van der Waals surface area contributed by atoms with E-state index in [0.717, 1.165) is 38.8 Å². The van der Waals surface area contributed by atoms with E-state index in [4.69, 9.17) is 18.9 Å². The molecule has 6 rings (SSSR count). The van der Waals surface area contributed by atoms with Gasteiger partial charge in [0.2, 0.25) is 0 Å². The van der Waals surface area contributed by atoms with Crippen LogP contribution in [0.15, 0.2) is 0 Å². The second-order valence-electron chi connectivity index (χ2n) is 11.7. The van der Waals surface area contributed by atoms with Crippen molar-refractivity contribution >= 4 is 0 Å². The maximum atomic E-state index is 11.9. The molecule has 0 unspecified atom stereocenters. The highest BCUT2D eigenvalue weighted by Crippen LogP contribution is 2.79. The molecular formula is C25H41NO6. The fourth-order valence-electron chi connectivity index (χ4n) is 11.0. The van der Waals surface area contributed by atoms with E-state index in [0.29, 0.717) is 6.61 Å². The van der Waals surface area contributed by atoms with E-state index in [1.165, 1.54) is 0 Å². The van der Waals surface area contributed by atoms with Crippen molar-refractivity contribution in [1.29, 1.82) is 0 Å². The van der Waals surface area contributed by atoms with Crippen LogP contribution in [0, 0.1) is 40.4 Å². The number of aliphatic hydroxyl groups excluding tert-OH is 2. The Balaban J connectivity index is 1.64.